The van der Waals surface area contributed by atoms with Crippen LogP contribution >= 0.6 is 0 Å². The fourth-order valence-electron chi connectivity index (χ4n) is 2.72. The summed E-state index contributed by atoms with van der Waals surface area (Å²) in [5.41, 5.74) is 3.79. The van der Waals surface area contributed by atoms with Crippen molar-refractivity contribution in [3.63, 3.8) is 0 Å². The average Bonchev–Trinajstić information content (AvgIpc) is 2.34. The molecular weight excluding hydrogens is 264 g/mol. The highest BCUT2D eigenvalue weighted by Crippen LogP contribution is 2.27. The number of nitrogen functional groups attached to an aromatic ring is 1. The van der Waals surface area contributed by atoms with Crippen molar-refractivity contribution < 1.29 is 4.79 Å². The van der Waals surface area contributed by atoms with Crippen molar-refractivity contribution in [1.29, 1.82) is 0 Å². The number of carbonyl (C=O) groups is 1. The molecule has 0 spiro atoms. The fraction of sp³-hybridized carbons (Fsp3) is 0.625. The van der Waals surface area contributed by atoms with Crippen molar-refractivity contribution >= 4 is 11.7 Å². The lowest BCUT2D eigenvalue weighted by atomic mass is 9.81. The minimum atomic E-state index is -0.277. The van der Waals surface area contributed by atoms with E-state index in [9.17, 15) is 4.79 Å². The lowest BCUT2D eigenvalue weighted by molar-refractivity contribution is 0.0891. The van der Waals surface area contributed by atoms with Crippen LogP contribution in [0.4, 0.5) is 5.82 Å². The number of aromatic nitrogens is 1. The molecule has 21 heavy (non-hydrogen) atoms. The lowest BCUT2D eigenvalue weighted by Crippen LogP contribution is -2.45. The normalized spacial score (nSPS) is 12.1. The molecule has 1 heterocycles. The molecule has 5 nitrogen and oxygen atoms in total. The van der Waals surface area contributed by atoms with E-state index in [4.69, 9.17) is 5.84 Å². The van der Waals surface area contributed by atoms with Gasteiger partial charge in [-0.1, -0.05) is 27.7 Å². The molecule has 0 saturated carbocycles. The van der Waals surface area contributed by atoms with E-state index >= 15 is 0 Å². The third kappa shape index (κ3) is 5.71. The van der Waals surface area contributed by atoms with E-state index in [2.05, 4.69) is 36.5 Å². The zero-order valence-electron chi connectivity index (χ0n) is 14.0. The molecule has 4 N–H and O–H groups in total. The van der Waals surface area contributed by atoms with E-state index in [1.54, 1.807) is 6.07 Å². The highest BCUT2D eigenvalue weighted by Gasteiger charge is 2.27. The number of nitrogens with zero attached hydrogens (tertiary/aromatic N) is 1. The van der Waals surface area contributed by atoms with Gasteiger partial charge in [0.2, 0.25) is 0 Å². The number of nitrogens with two attached hydrogens (primary N) is 1. The van der Waals surface area contributed by atoms with Crippen molar-refractivity contribution in [2.75, 3.05) is 5.43 Å². The maximum absolute atomic E-state index is 12.5. The number of rotatable bonds is 5. The molecule has 0 aliphatic rings. The number of hydrogen-bond acceptors (Lipinski definition) is 4. The Balaban J connectivity index is 2.93. The zero-order valence-corrected chi connectivity index (χ0v) is 14.0. The molecule has 1 aromatic rings. The first-order chi connectivity index (χ1) is 9.56. The van der Waals surface area contributed by atoms with Gasteiger partial charge in [-0.3, -0.25) is 4.79 Å². The van der Waals surface area contributed by atoms with Gasteiger partial charge in [0.1, 0.15) is 5.82 Å². The van der Waals surface area contributed by atoms with Gasteiger partial charge in [0.25, 0.3) is 5.91 Å². The highest BCUT2D eigenvalue weighted by molar-refractivity contribution is 5.95. The van der Waals surface area contributed by atoms with Gasteiger partial charge in [-0.15, -0.1) is 0 Å². The molecule has 0 aromatic carbocycles. The van der Waals surface area contributed by atoms with Crippen LogP contribution in [0.25, 0.3) is 0 Å². The Hall–Kier alpha value is -1.62. The van der Waals surface area contributed by atoms with Crippen molar-refractivity contribution in [3.05, 3.63) is 23.4 Å². The monoisotopic (exact) mass is 292 g/mol. The van der Waals surface area contributed by atoms with E-state index in [0.717, 1.165) is 18.5 Å². The standard InChI is InChI=1S/C16H28N4O/c1-7-12-8-11(9-13(18-12)20-17)14(21)19-16(5,6)10-15(2,3)4/h8-9H,7,10,17H2,1-6H3,(H,18,20)(H,19,21). The molecule has 5 heteroatoms. The third-order valence-electron chi connectivity index (χ3n) is 3.07. The number of aryl methyl sites for hydroxylation is 1. The molecule has 0 saturated heterocycles. The summed E-state index contributed by atoms with van der Waals surface area (Å²) >= 11 is 0. The Morgan fingerprint density at radius 1 is 1.24 bits per heavy atom. The van der Waals surface area contributed by atoms with Gasteiger partial charge in [0.15, 0.2) is 0 Å². The Morgan fingerprint density at radius 3 is 2.33 bits per heavy atom. The molecule has 1 rings (SSSR count). The van der Waals surface area contributed by atoms with Crippen LogP contribution in [0.3, 0.4) is 0 Å². The van der Waals surface area contributed by atoms with Crippen LogP contribution in [-0.4, -0.2) is 16.4 Å². The van der Waals surface area contributed by atoms with Gasteiger partial charge in [0.05, 0.1) is 0 Å². The number of hydrogen-bond donors (Lipinski definition) is 3. The predicted octanol–water partition coefficient (Wildman–Crippen LogP) is 2.87. The molecular formula is C16H28N4O. The summed E-state index contributed by atoms with van der Waals surface area (Å²) in [7, 11) is 0. The second-order valence-electron chi connectivity index (χ2n) is 7.31. The molecule has 0 atom stereocenters. The Kier molecular flexibility index (Phi) is 5.34. The SMILES string of the molecule is CCc1cc(C(=O)NC(C)(C)CC(C)(C)C)cc(NN)n1. The Bertz CT molecular complexity index is 481. The van der Waals surface area contributed by atoms with Gasteiger partial charge in [-0.05, 0) is 44.2 Å². The van der Waals surface area contributed by atoms with Gasteiger partial charge < -0.3 is 10.7 Å². The van der Waals surface area contributed by atoms with E-state index in [-0.39, 0.29) is 16.9 Å². The van der Waals surface area contributed by atoms with Crippen LogP contribution in [0, 0.1) is 5.41 Å². The Morgan fingerprint density at radius 2 is 1.86 bits per heavy atom. The van der Waals surface area contributed by atoms with Crippen LogP contribution in [0.1, 0.15) is 64.0 Å². The molecule has 0 unspecified atom stereocenters. The predicted molar refractivity (Wildman–Crippen MR) is 87.0 cm³/mol. The number of anilines is 1. The van der Waals surface area contributed by atoms with Crippen LogP contribution in [0.5, 0.6) is 0 Å². The van der Waals surface area contributed by atoms with Crippen molar-refractivity contribution in [2.24, 2.45) is 11.3 Å². The quantitative estimate of drug-likeness (QED) is 0.576. The van der Waals surface area contributed by atoms with E-state index in [0.29, 0.717) is 11.4 Å². The minimum Gasteiger partial charge on any atom is -0.347 e. The first-order valence-corrected chi connectivity index (χ1v) is 7.36. The Labute approximate surface area is 127 Å². The lowest BCUT2D eigenvalue weighted by Gasteiger charge is -2.33. The van der Waals surface area contributed by atoms with E-state index in [1.165, 1.54) is 0 Å². The van der Waals surface area contributed by atoms with Gasteiger partial charge in [-0.25, -0.2) is 10.8 Å². The molecule has 118 valence electrons. The number of carbonyl (C=O) groups excluding carboxylic acids is 1. The molecule has 0 fully saturated rings. The van der Waals surface area contributed by atoms with E-state index in [1.807, 2.05) is 26.8 Å². The van der Waals surface area contributed by atoms with Crippen molar-refractivity contribution in [1.82, 2.24) is 10.3 Å². The fourth-order valence-corrected chi connectivity index (χ4v) is 2.72. The molecule has 0 bridgehead atoms. The van der Waals surface area contributed by atoms with Crippen LogP contribution in [-0.2, 0) is 6.42 Å². The summed E-state index contributed by atoms with van der Waals surface area (Å²) in [6, 6.07) is 3.48. The number of hydrazine groups is 1. The topological polar surface area (TPSA) is 80.0 Å². The van der Waals surface area contributed by atoms with Crippen LogP contribution in [0.2, 0.25) is 0 Å². The maximum atomic E-state index is 12.5. The number of amides is 1. The molecule has 0 radical (unpaired) electrons. The minimum absolute atomic E-state index is 0.0992. The third-order valence-corrected chi connectivity index (χ3v) is 3.07. The van der Waals surface area contributed by atoms with E-state index < -0.39 is 0 Å². The second kappa shape index (κ2) is 6.43. The number of pyridine rings is 1. The van der Waals surface area contributed by atoms with Crippen LogP contribution in [0.15, 0.2) is 12.1 Å². The summed E-state index contributed by atoms with van der Waals surface area (Å²) in [4.78, 5) is 16.8. The molecule has 1 amide bonds. The summed E-state index contributed by atoms with van der Waals surface area (Å²) in [6.07, 6.45) is 1.64. The molecule has 1 aromatic heterocycles. The second-order valence-corrected chi connectivity index (χ2v) is 7.31. The summed E-state index contributed by atoms with van der Waals surface area (Å²) in [5.74, 6) is 5.82. The largest absolute Gasteiger partial charge is 0.347 e. The first-order valence-electron chi connectivity index (χ1n) is 7.36. The van der Waals surface area contributed by atoms with Crippen LogP contribution < -0.4 is 16.6 Å². The smallest absolute Gasteiger partial charge is 0.251 e. The summed E-state index contributed by atoms with van der Waals surface area (Å²) in [5, 5.41) is 3.10. The zero-order chi connectivity index (χ0) is 16.3. The summed E-state index contributed by atoms with van der Waals surface area (Å²) in [6.45, 7) is 12.6. The molecule has 0 aliphatic carbocycles. The van der Waals surface area contributed by atoms with Gasteiger partial charge in [-0.2, -0.15) is 0 Å². The maximum Gasteiger partial charge on any atom is 0.251 e. The first kappa shape index (κ1) is 17.4. The molecule has 0 aliphatic heterocycles. The average molecular weight is 292 g/mol. The summed E-state index contributed by atoms with van der Waals surface area (Å²) < 4.78 is 0. The van der Waals surface area contributed by atoms with Crippen molar-refractivity contribution in [3.8, 4) is 0 Å². The van der Waals surface area contributed by atoms with Crippen molar-refractivity contribution in [2.45, 2.75) is 59.9 Å². The highest BCUT2D eigenvalue weighted by atomic mass is 16.1. The van der Waals surface area contributed by atoms with Gasteiger partial charge >= 0.3 is 0 Å². The van der Waals surface area contributed by atoms with Gasteiger partial charge in [0, 0.05) is 16.8 Å². The number of nitrogens with one attached hydrogen (secondary N) is 2.